The highest BCUT2D eigenvalue weighted by molar-refractivity contribution is 6.02. The molecule has 10 nitrogen and oxygen atoms in total. The van der Waals surface area contributed by atoms with Gasteiger partial charge in [-0.15, -0.1) is 0 Å². The van der Waals surface area contributed by atoms with Crippen LogP contribution in [0.5, 0.6) is 5.75 Å². The summed E-state index contributed by atoms with van der Waals surface area (Å²) >= 11 is 0. The summed E-state index contributed by atoms with van der Waals surface area (Å²) in [5.74, 6) is 0.841. The average Bonchev–Trinajstić information content (AvgIpc) is 2.97. The molecule has 38 heavy (non-hydrogen) atoms. The number of benzene rings is 2. The predicted octanol–water partition coefficient (Wildman–Crippen LogP) is 4.67. The quantitative estimate of drug-likeness (QED) is 0.227. The Morgan fingerprint density at radius 1 is 1.16 bits per heavy atom. The van der Waals surface area contributed by atoms with Crippen molar-refractivity contribution in [2.24, 2.45) is 0 Å². The van der Waals surface area contributed by atoms with Crippen molar-refractivity contribution in [3.8, 4) is 17.0 Å². The van der Waals surface area contributed by atoms with Crippen LogP contribution in [0.25, 0.3) is 11.3 Å². The summed E-state index contributed by atoms with van der Waals surface area (Å²) in [4.78, 5) is 23.3. The van der Waals surface area contributed by atoms with Gasteiger partial charge in [0, 0.05) is 68.5 Å². The first-order valence-electron chi connectivity index (χ1n) is 12.3. The highest BCUT2D eigenvalue weighted by atomic mass is 16.5. The molecule has 4 rings (SSSR count). The molecule has 4 N–H and O–H groups in total. The molecule has 0 radical (unpaired) electrons. The van der Waals surface area contributed by atoms with Gasteiger partial charge in [-0.05, 0) is 37.1 Å². The lowest BCUT2D eigenvalue weighted by Crippen LogP contribution is -2.37. The second-order valence-electron chi connectivity index (χ2n) is 8.83. The van der Waals surface area contributed by atoms with Crippen molar-refractivity contribution < 1.29 is 14.3 Å². The number of hydrogen-bond donors (Lipinski definition) is 4. The molecule has 0 unspecified atom stereocenters. The summed E-state index contributed by atoms with van der Waals surface area (Å²) in [7, 11) is 5.44. The molecule has 0 spiro atoms. The SMILES string of the molecule is C=CC(=O)Nc1cc(Nc2cc(-c3ccc(NC)c(C=N)c3)ncn2)c(OC)cc1N(C)C1CCOCC1. The largest absolute Gasteiger partial charge is 0.494 e. The molecule has 1 amide bonds. The Labute approximate surface area is 222 Å². The molecule has 1 saturated heterocycles. The lowest BCUT2D eigenvalue weighted by molar-refractivity contribution is -0.111. The molecule has 0 saturated carbocycles. The van der Waals surface area contributed by atoms with Gasteiger partial charge < -0.3 is 35.7 Å². The topological polar surface area (TPSA) is 124 Å². The molecule has 198 valence electrons. The fourth-order valence-corrected chi connectivity index (χ4v) is 4.47. The normalized spacial score (nSPS) is 13.3. The van der Waals surface area contributed by atoms with Crippen LogP contribution in [-0.2, 0) is 9.53 Å². The fraction of sp³-hybridized carbons (Fsp3) is 0.286. The van der Waals surface area contributed by atoms with Gasteiger partial charge >= 0.3 is 0 Å². The van der Waals surface area contributed by atoms with Crippen LogP contribution in [0, 0.1) is 5.41 Å². The Hall–Kier alpha value is -4.44. The van der Waals surface area contributed by atoms with Crippen molar-refractivity contribution in [2.45, 2.75) is 18.9 Å². The molecule has 2 aromatic carbocycles. The molecule has 0 aliphatic carbocycles. The first-order valence-corrected chi connectivity index (χ1v) is 12.3. The zero-order valence-corrected chi connectivity index (χ0v) is 21.9. The van der Waals surface area contributed by atoms with Crippen molar-refractivity contribution in [2.75, 3.05) is 55.3 Å². The van der Waals surface area contributed by atoms with Gasteiger partial charge in [0.25, 0.3) is 0 Å². The maximum Gasteiger partial charge on any atom is 0.247 e. The van der Waals surface area contributed by atoms with Crippen molar-refractivity contribution in [3.05, 3.63) is 60.9 Å². The number of aromatic nitrogens is 2. The van der Waals surface area contributed by atoms with Gasteiger partial charge in [0.2, 0.25) is 5.91 Å². The van der Waals surface area contributed by atoms with E-state index in [4.69, 9.17) is 14.9 Å². The first kappa shape index (κ1) is 26.6. The maximum absolute atomic E-state index is 12.3. The molecular formula is C28H33N7O3. The summed E-state index contributed by atoms with van der Waals surface area (Å²) in [6, 6.07) is 11.6. The number of carbonyl (C=O) groups excluding carboxylic acids is 1. The summed E-state index contributed by atoms with van der Waals surface area (Å²) in [5.41, 5.74) is 5.26. The van der Waals surface area contributed by atoms with Gasteiger partial charge in [-0.3, -0.25) is 4.79 Å². The molecule has 1 aromatic heterocycles. The van der Waals surface area contributed by atoms with E-state index < -0.39 is 0 Å². The van der Waals surface area contributed by atoms with Crippen molar-refractivity contribution in [1.82, 2.24) is 9.97 Å². The zero-order valence-electron chi connectivity index (χ0n) is 21.9. The molecule has 1 fully saturated rings. The Balaban J connectivity index is 1.69. The van der Waals surface area contributed by atoms with E-state index in [9.17, 15) is 4.79 Å². The highest BCUT2D eigenvalue weighted by Crippen LogP contribution is 2.39. The molecule has 1 aliphatic rings. The minimum Gasteiger partial charge on any atom is -0.494 e. The predicted molar refractivity (Wildman–Crippen MR) is 152 cm³/mol. The van der Waals surface area contributed by atoms with Gasteiger partial charge in [0.15, 0.2) is 0 Å². The van der Waals surface area contributed by atoms with Crippen LogP contribution < -0.4 is 25.6 Å². The van der Waals surface area contributed by atoms with E-state index in [2.05, 4.69) is 37.4 Å². The summed E-state index contributed by atoms with van der Waals surface area (Å²) in [6.45, 7) is 5.00. The Morgan fingerprint density at radius 3 is 2.63 bits per heavy atom. The summed E-state index contributed by atoms with van der Waals surface area (Å²) in [6.07, 6.45) is 5.82. The van der Waals surface area contributed by atoms with Gasteiger partial charge in [-0.25, -0.2) is 9.97 Å². The van der Waals surface area contributed by atoms with Crippen LogP contribution in [-0.4, -0.2) is 62.6 Å². The van der Waals surface area contributed by atoms with E-state index in [0.29, 0.717) is 41.8 Å². The van der Waals surface area contributed by atoms with Crippen LogP contribution in [0.2, 0.25) is 0 Å². The van der Waals surface area contributed by atoms with Crippen LogP contribution in [0.15, 0.2) is 55.4 Å². The van der Waals surface area contributed by atoms with E-state index in [1.807, 2.05) is 50.5 Å². The summed E-state index contributed by atoms with van der Waals surface area (Å²) < 4.78 is 11.3. The van der Waals surface area contributed by atoms with Crippen molar-refractivity contribution in [3.63, 3.8) is 0 Å². The average molecular weight is 516 g/mol. The standard InChI is InChI=1S/C28H33N7O3/c1-5-28(36)34-23-13-24(26(37-4)15-25(23)35(3)20-8-10-38-11-9-20)33-27-14-22(31-17-32-27)18-6-7-21(30-2)19(12-18)16-29/h5-7,12-17,20,29-30H,1,8-11H2,2-4H3,(H,34,36)(H,31,32,33). The van der Waals surface area contributed by atoms with Gasteiger partial charge in [0.1, 0.15) is 17.9 Å². The second kappa shape index (κ2) is 12.2. The van der Waals surface area contributed by atoms with E-state index in [-0.39, 0.29) is 11.9 Å². The lowest BCUT2D eigenvalue weighted by atomic mass is 10.1. The Kier molecular flexibility index (Phi) is 8.55. The second-order valence-corrected chi connectivity index (χ2v) is 8.83. The molecule has 2 heterocycles. The third kappa shape index (κ3) is 5.92. The zero-order chi connectivity index (χ0) is 27.1. The number of amides is 1. The highest BCUT2D eigenvalue weighted by Gasteiger charge is 2.23. The van der Waals surface area contributed by atoms with E-state index in [0.717, 1.165) is 35.3 Å². The molecule has 3 aromatic rings. The molecule has 0 bridgehead atoms. The number of nitrogens with one attached hydrogen (secondary N) is 4. The Bertz CT molecular complexity index is 1320. The van der Waals surface area contributed by atoms with Crippen LogP contribution in [0.1, 0.15) is 18.4 Å². The van der Waals surface area contributed by atoms with Gasteiger partial charge in [-0.1, -0.05) is 12.6 Å². The van der Waals surface area contributed by atoms with Crippen LogP contribution in [0.4, 0.5) is 28.6 Å². The Morgan fingerprint density at radius 2 is 1.95 bits per heavy atom. The number of nitrogens with zero attached hydrogens (tertiary/aromatic N) is 3. The molecule has 10 heteroatoms. The number of carbonyl (C=O) groups is 1. The number of methoxy groups -OCH3 is 1. The fourth-order valence-electron chi connectivity index (χ4n) is 4.47. The van der Waals surface area contributed by atoms with E-state index >= 15 is 0 Å². The van der Waals surface area contributed by atoms with Crippen molar-refractivity contribution in [1.29, 1.82) is 5.41 Å². The lowest BCUT2D eigenvalue weighted by Gasteiger charge is -2.34. The monoisotopic (exact) mass is 515 g/mol. The van der Waals surface area contributed by atoms with Gasteiger partial charge in [-0.2, -0.15) is 0 Å². The molecule has 0 atom stereocenters. The number of rotatable bonds is 10. The van der Waals surface area contributed by atoms with Crippen LogP contribution >= 0.6 is 0 Å². The maximum atomic E-state index is 12.3. The van der Waals surface area contributed by atoms with Gasteiger partial charge in [0.05, 0.1) is 29.9 Å². The minimum absolute atomic E-state index is 0.274. The molecular weight excluding hydrogens is 482 g/mol. The van der Waals surface area contributed by atoms with Crippen molar-refractivity contribution >= 4 is 40.7 Å². The van der Waals surface area contributed by atoms with E-state index in [1.54, 1.807) is 7.11 Å². The number of hydrogen-bond acceptors (Lipinski definition) is 9. The third-order valence-electron chi connectivity index (χ3n) is 6.58. The third-order valence-corrected chi connectivity index (χ3v) is 6.58. The van der Waals surface area contributed by atoms with E-state index in [1.165, 1.54) is 18.6 Å². The molecule has 1 aliphatic heterocycles. The van der Waals surface area contributed by atoms with Crippen LogP contribution in [0.3, 0.4) is 0 Å². The summed E-state index contributed by atoms with van der Waals surface area (Å²) in [5, 5.41) is 17.0. The minimum atomic E-state index is -0.306. The number of anilines is 5. The first-order chi connectivity index (χ1) is 18.5. The smallest absolute Gasteiger partial charge is 0.247 e. The number of ether oxygens (including phenoxy) is 2.